The van der Waals surface area contributed by atoms with Crippen LogP contribution in [-0.4, -0.2) is 32.6 Å². The van der Waals surface area contributed by atoms with E-state index in [2.05, 4.69) is 10.6 Å². The second-order valence-corrected chi connectivity index (χ2v) is 4.82. The van der Waals surface area contributed by atoms with Gasteiger partial charge in [0.15, 0.2) is 0 Å². The molecule has 0 spiro atoms. The van der Waals surface area contributed by atoms with E-state index in [1.54, 1.807) is 42.5 Å². The molecule has 7 nitrogen and oxygen atoms in total. The van der Waals surface area contributed by atoms with Crippen LogP contribution in [0.4, 0.5) is 11.4 Å². The smallest absolute Gasteiger partial charge is 0.259 e. The van der Waals surface area contributed by atoms with E-state index in [9.17, 15) is 9.59 Å². The predicted octanol–water partition coefficient (Wildman–Crippen LogP) is 1.85. The zero-order chi connectivity index (χ0) is 17.5. The Labute approximate surface area is 139 Å². The molecule has 4 N–H and O–H groups in total. The molecule has 24 heavy (non-hydrogen) atoms. The van der Waals surface area contributed by atoms with Gasteiger partial charge >= 0.3 is 0 Å². The van der Waals surface area contributed by atoms with E-state index in [0.29, 0.717) is 28.4 Å². The first kappa shape index (κ1) is 17.3. The highest BCUT2D eigenvalue weighted by molar-refractivity contribution is 6.07. The molecule has 2 rings (SSSR count). The van der Waals surface area contributed by atoms with Crippen LogP contribution < -0.4 is 25.8 Å². The minimum absolute atomic E-state index is 0.116. The molecule has 2 aromatic carbocycles. The number of carbonyl (C=O) groups excluding carboxylic acids is 2. The molecule has 0 aliphatic carbocycles. The highest BCUT2D eigenvalue weighted by Gasteiger charge is 2.14. The third-order valence-corrected chi connectivity index (χ3v) is 3.27. The number of nitrogens with two attached hydrogens (primary N) is 1. The second-order valence-electron chi connectivity index (χ2n) is 4.82. The lowest BCUT2D eigenvalue weighted by Crippen LogP contribution is -2.21. The molecular weight excluding hydrogens is 310 g/mol. The first-order valence-corrected chi connectivity index (χ1v) is 7.21. The van der Waals surface area contributed by atoms with E-state index in [1.165, 1.54) is 14.2 Å². The van der Waals surface area contributed by atoms with Gasteiger partial charge in [0.1, 0.15) is 11.5 Å². The minimum Gasteiger partial charge on any atom is -0.496 e. The van der Waals surface area contributed by atoms with E-state index in [-0.39, 0.29) is 18.4 Å². The summed E-state index contributed by atoms with van der Waals surface area (Å²) in [6, 6.07) is 11.8. The number of hydrogen-bond donors (Lipinski definition) is 3. The van der Waals surface area contributed by atoms with Gasteiger partial charge in [-0.15, -0.1) is 0 Å². The van der Waals surface area contributed by atoms with Crippen molar-refractivity contribution in [1.82, 2.24) is 0 Å². The first-order chi connectivity index (χ1) is 11.6. The van der Waals surface area contributed by atoms with Gasteiger partial charge in [-0.05, 0) is 24.3 Å². The van der Waals surface area contributed by atoms with Crippen molar-refractivity contribution in [3.63, 3.8) is 0 Å². The van der Waals surface area contributed by atoms with Crippen molar-refractivity contribution in [3.8, 4) is 11.5 Å². The zero-order valence-corrected chi connectivity index (χ0v) is 13.5. The number of para-hydroxylation sites is 1. The predicted molar refractivity (Wildman–Crippen MR) is 91.6 cm³/mol. The molecule has 0 heterocycles. The maximum Gasteiger partial charge on any atom is 0.259 e. The lowest BCUT2D eigenvalue weighted by Gasteiger charge is -2.13. The Morgan fingerprint density at radius 2 is 1.71 bits per heavy atom. The fraction of sp³-hybridized carbons (Fsp3) is 0.176. The molecular formula is C17H19N3O4. The largest absolute Gasteiger partial charge is 0.496 e. The van der Waals surface area contributed by atoms with Gasteiger partial charge in [-0.2, -0.15) is 0 Å². The highest BCUT2D eigenvalue weighted by atomic mass is 16.5. The van der Waals surface area contributed by atoms with Crippen molar-refractivity contribution in [2.75, 3.05) is 31.4 Å². The maximum atomic E-state index is 12.4. The average Bonchev–Trinajstić information content (AvgIpc) is 2.62. The fourth-order valence-corrected chi connectivity index (χ4v) is 2.11. The molecule has 2 aromatic rings. The van der Waals surface area contributed by atoms with Crippen molar-refractivity contribution in [3.05, 3.63) is 48.0 Å². The first-order valence-electron chi connectivity index (χ1n) is 7.21. The molecule has 7 heteroatoms. The summed E-state index contributed by atoms with van der Waals surface area (Å²) in [7, 11) is 2.98. The van der Waals surface area contributed by atoms with Crippen LogP contribution in [0.3, 0.4) is 0 Å². The highest BCUT2D eigenvalue weighted by Crippen LogP contribution is 2.29. The molecule has 0 radical (unpaired) electrons. The summed E-state index contributed by atoms with van der Waals surface area (Å²) < 4.78 is 10.5. The number of ether oxygens (including phenoxy) is 2. The lowest BCUT2D eigenvalue weighted by molar-refractivity contribution is -0.114. The number of rotatable bonds is 6. The Morgan fingerprint density at radius 1 is 1.00 bits per heavy atom. The number of carbonyl (C=O) groups is 2. The van der Waals surface area contributed by atoms with Gasteiger partial charge in [-0.3, -0.25) is 9.59 Å². The van der Waals surface area contributed by atoms with Crippen molar-refractivity contribution < 1.29 is 19.1 Å². The van der Waals surface area contributed by atoms with Crippen LogP contribution in [0.2, 0.25) is 0 Å². The van der Waals surface area contributed by atoms with Crippen LogP contribution in [-0.2, 0) is 4.79 Å². The minimum atomic E-state index is -0.329. The number of methoxy groups -OCH3 is 2. The van der Waals surface area contributed by atoms with Gasteiger partial charge in [0, 0.05) is 11.8 Å². The van der Waals surface area contributed by atoms with E-state index in [0.717, 1.165) is 0 Å². The zero-order valence-electron chi connectivity index (χ0n) is 13.5. The summed E-state index contributed by atoms with van der Waals surface area (Å²) >= 11 is 0. The van der Waals surface area contributed by atoms with Crippen LogP contribution >= 0.6 is 0 Å². The second kappa shape index (κ2) is 7.98. The number of nitrogens with one attached hydrogen (secondary N) is 2. The van der Waals surface area contributed by atoms with Crippen LogP contribution in [0.5, 0.6) is 11.5 Å². The van der Waals surface area contributed by atoms with E-state index >= 15 is 0 Å². The van der Waals surface area contributed by atoms with Crippen molar-refractivity contribution in [1.29, 1.82) is 0 Å². The molecule has 0 saturated heterocycles. The maximum absolute atomic E-state index is 12.4. The van der Waals surface area contributed by atoms with Crippen LogP contribution in [0, 0.1) is 0 Å². The monoisotopic (exact) mass is 329 g/mol. The number of amides is 2. The average molecular weight is 329 g/mol. The van der Waals surface area contributed by atoms with Crippen LogP contribution in [0.15, 0.2) is 42.5 Å². The number of hydrogen-bond acceptors (Lipinski definition) is 5. The molecule has 0 bridgehead atoms. The summed E-state index contributed by atoms with van der Waals surface area (Å²) in [4.78, 5) is 23.8. The third kappa shape index (κ3) is 4.02. The summed E-state index contributed by atoms with van der Waals surface area (Å²) in [5.74, 6) is 0.237. The van der Waals surface area contributed by atoms with Gasteiger partial charge in [0.05, 0.1) is 32.0 Å². The van der Waals surface area contributed by atoms with Gasteiger partial charge < -0.3 is 25.8 Å². The van der Waals surface area contributed by atoms with Gasteiger partial charge in [0.2, 0.25) is 5.91 Å². The summed E-state index contributed by atoms with van der Waals surface area (Å²) in [5.41, 5.74) is 6.67. The SMILES string of the molecule is COc1cc(NC(=O)CN)ccc1NC(=O)c1ccccc1OC. The van der Waals surface area contributed by atoms with Gasteiger partial charge in [-0.25, -0.2) is 0 Å². The molecule has 0 aliphatic rings. The molecule has 126 valence electrons. The number of anilines is 2. The van der Waals surface area contributed by atoms with Crippen LogP contribution in [0.25, 0.3) is 0 Å². The molecule has 0 unspecified atom stereocenters. The van der Waals surface area contributed by atoms with Crippen LogP contribution in [0.1, 0.15) is 10.4 Å². The topological polar surface area (TPSA) is 103 Å². The van der Waals surface area contributed by atoms with E-state index < -0.39 is 0 Å². The Bertz CT molecular complexity index is 746. The van der Waals surface area contributed by atoms with E-state index in [1.807, 2.05) is 0 Å². The van der Waals surface area contributed by atoms with Crippen molar-refractivity contribution in [2.45, 2.75) is 0 Å². The molecule has 0 aromatic heterocycles. The quantitative estimate of drug-likeness (QED) is 0.750. The van der Waals surface area contributed by atoms with Crippen molar-refractivity contribution in [2.24, 2.45) is 5.73 Å². The molecule has 0 fully saturated rings. The van der Waals surface area contributed by atoms with E-state index in [4.69, 9.17) is 15.2 Å². The summed E-state index contributed by atoms with van der Waals surface area (Å²) in [6.07, 6.45) is 0. The summed E-state index contributed by atoms with van der Waals surface area (Å²) in [6.45, 7) is -0.116. The third-order valence-electron chi connectivity index (χ3n) is 3.27. The number of benzene rings is 2. The Kier molecular flexibility index (Phi) is 5.75. The standard InChI is InChI=1S/C17H19N3O4/c1-23-14-6-4-3-5-12(14)17(22)20-13-8-7-11(9-15(13)24-2)19-16(21)10-18/h3-9H,10,18H2,1-2H3,(H,19,21)(H,20,22). The van der Waals surface area contributed by atoms with Crippen molar-refractivity contribution >= 4 is 23.2 Å². The molecule has 0 aliphatic heterocycles. The Balaban J connectivity index is 2.22. The normalized spacial score (nSPS) is 9.96. The Morgan fingerprint density at radius 3 is 2.38 bits per heavy atom. The fourth-order valence-electron chi connectivity index (χ4n) is 2.11. The van der Waals surface area contributed by atoms with Gasteiger partial charge in [-0.1, -0.05) is 12.1 Å². The summed E-state index contributed by atoms with van der Waals surface area (Å²) in [5, 5.41) is 5.39. The Hall–Kier alpha value is -3.06. The molecule has 0 saturated carbocycles. The lowest BCUT2D eigenvalue weighted by atomic mass is 10.1. The molecule has 2 amide bonds. The molecule has 0 atom stereocenters. The van der Waals surface area contributed by atoms with Gasteiger partial charge in [0.25, 0.3) is 5.91 Å².